The van der Waals surface area contributed by atoms with Crippen LogP contribution in [0.15, 0.2) is 91.0 Å². The lowest BCUT2D eigenvalue weighted by Gasteiger charge is -2.41. The van der Waals surface area contributed by atoms with Crippen molar-refractivity contribution in [2.24, 2.45) is 0 Å². The second-order valence-corrected chi connectivity index (χ2v) is 8.58. The Morgan fingerprint density at radius 3 is 2.21 bits per heavy atom. The number of ether oxygens (including phenoxy) is 1. The van der Waals surface area contributed by atoms with E-state index in [1.54, 1.807) is 9.80 Å². The number of para-hydroxylation sites is 1. The predicted molar refractivity (Wildman–Crippen MR) is 131 cm³/mol. The van der Waals surface area contributed by atoms with Gasteiger partial charge >= 0.3 is 6.09 Å². The van der Waals surface area contributed by atoms with Crippen LogP contribution >= 0.6 is 0 Å². The maximum atomic E-state index is 13.2. The number of nitrogens with zero attached hydrogens (tertiary/aromatic N) is 2. The van der Waals surface area contributed by atoms with Crippen LogP contribution in [-0.4, -0.2) is 40.6 Å². The number of rotatable bonds is 7. The van der Waals surface area contributed by atoms with Gasteiger partial charge in [0.25, 0.3) is 0 Å². The van der Waals surface area contributed by atoms with Gasteiger partial charge in [0.1, 0.15) is 6.61 Å². The van der Waals surface area contributed by atoms with Crippen molar-refractivity contribution in [1.29, 1.82) is 0 Å². The molecule has 0 radical (unpaired) electrons. The van der Waals surface area contributed by atoms with E-state index < -0.39 is 12.2 Å². The van der Waals surface area contributed by atoms with Crippen LogP contribution in [0.25, 0.3) is 0 Å². The summed E-state index contributed by atoms with van der Waals surface area (Å²) in [6.07, 6.45) is -0.491. The van der Waals surface area contributed by atoms with Gasteiger partial charge in [-0.15, -0.1) is 0 Å². The van der Waals surface area contributed by atoms with Gasteiger partial charge in [-0.2, -0.15) is 0 Å². The van der Waals surface area contributed by atoms with Crippen molar-refractivity contribution in [3.05, 3.63) is 102 Å². The summed E-state index contributed by atoms with van der Waals surface area (Å²) in [7, 11) is 0. The summed E-state index contributed by atoms with van der Waals surface area (Å²) in [6.45, 7) is 2.47. The van der Waals surface area contributed by atoms with Gasteiger partial charge in [0.05, 0.1) is 18.2 Å². The number of likely N-dealkylation sites (tertiary alicyclic amines) is 1. The summed E-state index contributed by atoms with van der Waals surface area (Å²) in [6, 6.07) is 27.5. The summed E-state index contributed by atoms with van der Waals surface area (Å²) in [5, 5.41) is 10.8. The van der Waals surface area contributed by atoms with Crippen LogP contribution in [0.5, 0.6) is 0 Å². The van der Waals surface area contributed by atoms with Crippen molar-refractivity contribution >= 4 is 17.7 Å². The van der Waals surface area contributed by atoms with Crippen LogP contribution in [0, 0.1) is 0 Å². The Labute approximate surface area is 200 Å². The molecular weight excluding hydrogens is 428 g/mol. The summed E-state index contributed by atoms with van der Waals surface area (Å²) in [5.41, 5.74) is 2.38. The predicted octanol–water partition coefficient (Wildman–Crippen LogP) is 4.94. The average molecular weight is 459 g/mol. The molecule has 0 aromatic heterocycles. The Hall–Kier alpha value is -3.64. The molecule has 0 bridgehead atoms. The highest BCUT2D eigenvalue weighted by atomic mass is 16.6. The van der Waals surface area contributed by atoms with E-state index in [1.807, 2.05) is 97.9 Å². The molecule has 34 heavy (non-hydrogen) atoms. The van der Waals surface area contributed by atoms with E-state index in [4.69, 9.17) is 4.74 Å². The first-order chi connectivity index (χ1) is 16.5. The van der Waals surface area contributed by atoms with Crippen LogP contribution in [0.1, 0.15) is 37.0 Å². The molecule has 3 aromatic carbocycles. The second-order valence-electron chi connectivity index (χ2n) is 8.58. The van der Waals surface area contributed by atoms with Crippen molar-refractivity contribution in [2.75, 3.05) is 11.4 Å². The number of aliphatic hydroxyl groups excluding tert-OH is 1. The van der Waals surface area contributed by atoms with Crippen molar-refractivity contribution in [1.82, 2.24) is 4.90 Å². The Bertz CT molecular complexity index is 1080. The number of aliphatic hydroxyl groups is 1. The molecular formula is C28H30N2O4. The zero-order chi connectivity index (χ0) is 23.9. The number of hydrogen-bond acceptors (Lipinski definition) is 4. The molecule has 0 aliphatic carbocycles. The summed E-state index contributed by atoms with van der Waals surface area (Å²) in [4.78, 5) is 29.6. The maximum absolute atomic E-state index is 13.2. The van der Waals surface area contributed by atoms with Gasteiger partial charge in [-0.3, -0.25) is 9.69 Å². The standard InChI is InChI=1S/C28H30N2O4/c1-21(27(32)23-13-7-3-8-14-23)29-18-17-25(19-26(29)31)30(24-15-9-4-10-16-24)28(33)34-20-22-11-5-2-6-12-22/h2-16,21,25,27,32H,17-20H2,1H3/t21-,25-,27+/m0/s1. The summed E-state index contributed by atoms with van der Waals surface area (Å²) >= 11 is 0. The first kappa shape index (κ1) is 23.5. The number of anilines is 1. The zero-order valence-electron chi connectivity index (χ0n) is 19.3. The van der Waals surface area contributed by atoms with E-state index in [2.05, 4.69) is 0 Å². The molecule has 1 saturated heterocycles. The average Bonchev–Trinajstić information content (AvgIpc) is 2.89. The number of benzene rings is 3. The van der Waals surface area contributed by atoms with Gasteiger partial charge in [0, 0.05) is 18.7 Å². The third kappa shape index (κ3) is 5.46. The van der Waals surface area contributed by atoms with Crippen molar-refractivity contribution in [2.45, 2.75) is 44.6 Å². The lowest BCUT2D eigenvalue weighted by atomic mass is 9.96. The van der Waals surface area contributed by atoms with E-state index in [1.165, 1.54) is 0 Å². The first-order valence-corrected chi connectivity index (χ1v) is 11.6. The molecule has 6 nitrogen and oxygen atoms in total. The molecule has 1 heterocycles. The zero-order valence-corrected chi connectivity index (χ0v) is 19.3. The van der Waals surface area contributed by atoms with E-state index in [-0.39, 0.29) is 31.0 Å². The van der Waals surface area contributed by atoms with Crippen LogP contribution in [0.3, 0.4) is 0 Å². The van der Waals surface area contributed by atoms with Crippen LogP contribution in [0.4, 0.5) is 10.5 Å². The molecule has 1 fully saturated rings. The second kappa shape index (κ2) is 11.0. The van der Waals surface area contributed by atoms with E-state index >= 15 is 0 Å². The van der Waals surface area contributed by atoms with Crippen molar-refractivity contribution < 1.29 is 19.4 Å². The Morgan fingerprint density at radius 1 is 1.00 bits per heavy atom. The number of piperidine rings is 1. The van der Waals surface area contributed by atoms with Gasteiger partial charge in [-0.1, -0.05) is 78.9 Å². The van der Waals surface area contributed by atoms with E-state index in [0.29, 0.717) is 18.7 Å². The smallest absolute Gasteiger partial charge is 0.414 e. The molecule has 0 unspecified atom stereocenters. The highest BCUT2D eigenvalue weighted by Gasteiger charge is 2.37. The van der Waals surface area contributed by atoms with Gasteiger partial charge in [0.15, 0.2) is 0 Å². The molecule has 0 saturated carbocycles. The fourth-order valence-electron chi connectivity index (χ4n) is 4.43. The highest BCUT2D eigenvalue weighted by molar-refractivity contribution is 5.90. The van der Waals surface area contributed by atoms with Crippen molar-refractivity contribution in [3.63, 3.8) is 0 Å². The van der Waals surface area contributed by atoms with Gasteiger partial charge in [0.2, 0.25) is 5.91 Å². The van der Waals surface area contributed by atoms with E-state index in [0.717, 1.165) is 11.1 Å². The van der Waals surface area contributed by atoms with Gasteiger partial charge < -0.3 is 14.7 Å². The molecule has 1 aliphatic heterocycles. The van der Waals surface area contributed by atoms with Gasteiger partial charge in [-0.05, 0) is 36.6 Å². The monoisotopic (exact) mass is 458 g/mol. The van der Waals surface area contributed by atoms with E-state index in [9.17, 15) is 14.7 Å². The highest BCUT2D eigenvalue weighted by Crippen LogP contribution is 2.29. The molecule has 6 heteroatoms. The molecule has 2 amide bonds. The van der Waals surface area contributed by atoms with Crippen LogP contribution in [-0.2, 0) is 16.1 Å². The molecule has 4 rings (SSSR count). The van der Waals surface area contributed by atoms with Crippen LogP contribution in [0.2, 0.25) is 0 Å². The Kier molecular flexibility index (Phi) is 7.60. The molecule has 176 valence electrons. The molecule has 0 spiro atoms. The third-order valence-electron chi connectivity index (χ3n) is 6.32. The Morgan fingerprint density at radius 2 is 1.59 bits per heavy atom. The summed E-state index contributed by atoms with van der Waals surface area (Å²) < 4.78 is 5.63. The number of hydrogen-bond donors (Lipinski definition) is 1. The minimum absolute atomic E-state index is 0.0875. The number of amides is 2. The van der Waals surface area contributed by atoms with Crippen LogP contribution < -0.4 is 4.90 Å². The third-order valence-corrected chi connectivity index (χ3v) is 6.32. The normalized spacial score (nSPS) is 17.6. The fraction of sp³-hybridized carbons (Fsp3) is 0.286. The van der Waals surface area contributed by atoms with Gasteiger partial charge in [-0.25, -0.2) is 4.79 Å². The largest absolute Gasteiger partial charge is 0.444 e. The minimum Gasteiger partial charge on any atom is -0.444 e. The first-order valence-electron chi connectivity index (χ1n) is 11.6. The lowest BCUT2D eigenvalue weighted by molar-refractivity contribution is -0.138. The molecule has 1 aliphatic rings. The lowest BCUT2D eigenvalue weighted by Crippen LogP contribution is -2.53. The maximum Gasteiger partial charge on any atom is 0.414 e. The van der Waals surface area contributed by atoms with Crippen molar-refractivity contribution in [3.8, 4) is 0 Å². The Balaban J connectivity index is 1.46. The summed E-state index contributed by atoms with van der Waals surface area (Å²) in [5.74, 6) is -0.0875. The minimum atomic E-state index is -0.775. The number of carbonyl (C=O) groups excluding carboxylic acids is 2. The molecule has 1 N–H and O–H groups in total. The topological polar surface area (TPSA) is 70.1 Å². The quantitative estimate of drug-likeness (QED) is 0.544. The number of carbonyl (C=O) groups is 2. The fourth-order valence-corrected chi connectivity index (χ4v) is 4.43. The SMILES string of the molecule is C[C@@H]([C@@H](O)c1ccccc1)N1CC[C@H](N(C(=O)OCc2ccccc2)c2ccccc2)CC1=O. The molecule has 3 atom stereocenters. The molecule has 3 aromatic rings.